The second-order valence-corrected chi connectivity index (χ2v) is 4.63. The van der Waals surface area contributed by atoms with Gasteiger partial charge in [-0.05, 0) is 12.8 Å². The summed E-state index contributed by atoms with van der Waals surface area (Å²) in [5.41, 5.74) is 0.629. The van der Waals surface area contributed by atoms with E-state index in [9.17, 15) is 4.79 Å². The number of nitrogens with one attached hydrogen (secondary N) is 1. The zero-order valence-electron chi connectivity index (χ0n) is 7.37. The number of hydrogen-bond donors (Lipinski definition) is 2. The summed E-state index contributed by atoms with van der Waals surface area (Å²) in [6.07, 6.45) is 2.13. The summed E-state index contributed by atoms with van der Waals surface area (Å²) in [6.45, 7) is 0.733. The van der Waals surface area contributed by atoms with Crippen LogP contribution in [-0.2, 0) is 0 Å². The molecule has 1 aromatic heterocycles. The van der Waals surface area contributed by atoms with Crippen molar-refractivity contribution in [1.82, 2.24) is 0 Å². The molecule has 0 amide bonds. The Bertz CT molecular complexity index is 408. The van der Waals surface area contributed by atoms with Crippen LogP contribution in [0.2, 0.25) is 0 Å². The molecule has 0 radical (unpaired) electrons. The molecular formula is C9H9NO3S. The van der Waals surface area contributed by atoms with E-state index in [4.69, 9.17) is 9.84 Å². The van der Waals surface area contributed by atoms with Gasteiger partial charge >= 0.3 is 5.97 Å². The quantitative estimate of drug-likeness (QED) is 0.743. The molecule has 1 aliphatic heterocycles. The number of carbonyl (C=O) groups is 1. The van der Waals surface area contributed by atoms with Crippen molar-refractivity contribution in [3.63, 3.8) is 0 Å². The first-order chi connectivity index (χ1) is 6.70. The van der Waals surface area contributed by atoms with Gasteiger partial charge in [-0.1, -0.05) is 0 Å². The van der Waals surface area contributed by atoms with Crippen LogP contribution in [0.3, 0.4) is 0 Å². The summed E-state index contributed by atoms with van der Waals surface area (Å²) in [4.78, 5) is 11.2. The third kappa shape index (κ3) is 1.02. The minimum Gasteiger partial charge on any atom is -0.482 e. The number of anilines is 1. The lowest BCUT2D eigenvalue weighted by molar-refractivity contribution is 0.0702. The summed E-state index contributed by atoms with van der Waals surface area (Å²) in [5.74, 6) is -0.185. The standard InChI is InChI=1S/C9H9NO3S/c11-8(12)7-6-5(3-14-7)13-9(1-2-9)4-10-6/h3,10H,1-2,4H2,(H,11,12). The van der Waals surface area contributed by atoms with Crippen LogP contribution >= 0.6 is 11.3 Å². The normalized spacial score (nSPS) is 20.9. The summed E-state index contributed by atoms with van der Waals surface area (Å²) in [6, 6.07) is 0. The van der Waals surface area contributed by atoms with Gasteiger partial charge in [0.05, 0.1) is 6.54 Å². The molecule has 0 unspecified atom stereocenters. The third-order valence-electron chi connectivity index (χ3n) is 2.67. The average molecular weight is 211 g/mol. The molecule has 1 saturated carbocycles. The van der Waals surface area contributed by atoms with Crippen LogP contribution in [0.5, 0.6) is 5.75 Å². The van der Waals surface area contributed by atoms with Crippen molar-refractivity contribution in [2.24, 2.45) is 0 Å². The molecule has 74 valence electrons. The van der Waals surface area contributed by atoms with Crippen molar-refractivity contribution in [1.29, 1.82) is 0 Å². The zero-order valence-corrected chi connectivity index (χ0v) is 8.19. The Balaban J connectivity index is 2.00. The van der Waals surface area contributed by atoms with E-state index in [2.05, 4.69) is 5.32 Å². The third-order valence-corrected chi connectivity index (χ3v) is 3.62. The predicted molar refractivity (Wildman–Crippen MR) is 52.4 cm³/mol. The molecule has 1 aliphatic carbocycles. The zero-order chi connectivity index (χ0) is 9.76. The largest absolute Gasteiger partial charge is 0.482 e. The molecule has 0 bridgehead atoms. The van der Waals surface area contributed by atoms with Crippen molar-refractivity contribution in [2.45, 2.75) is 18.4 Å². The number of thiophene rings is 1. The van der Waals surface area contributed by atoms with Crippen LogP contribution in [0.25, 0.3) is 0 Å². The van der Waals surface area contributed by atoms with E-state index >= 15 is 0 Å². The Morgan fingerprint density at radius 1 is 1.64 bits per heavy atom. The van der Waals surface area contributed by atoms with Gasteiger partial charge in [0.2, 0.25) is 0 Å². The number of ether oxygens (including phenoxy) is 1. The fraction of sp³-hybridized carbons (Fsp3) is 0.444. The van der Waals surface area contributed by atoms with Crippen LogP contribution in [0.1, 0.15) is 22.5 Å². The lowest BCUT2D eigenvalue weighted by Crippen LogP contribution is -2.32. The van der Waals surface area contributed by atoms with E-state index < -0.39 is 5.97 Å². The first kappa shape index (κ1) is 8.11. The summed E-state index contributed by atoms with van der Waals surface area (Å²) < 4.78 is 5.75. The summed E-state index contributed by atoms with van der Waals surface area (Å²) in [7, 11) is 0. The molecule has 2 N–H and O–H groups in total. The number of carboxylic acid groups (broad SMARTS) is 1. The van der Waals surface area contributed by atoms with Crippen molar-refractivity contribution in [3.05, 3.63) is 10.3 Å². The van der Waals surface area contributed by atoms with Gasteiger partial charge in [-0.2, -0.15) is 0 Å². The first-order valence-corrected chi connectivity index (χ1v) is 5.36. The minimum atomic E-state index is -0.890. The lowest BCUT2D eigenvalue weighted by Gasteiger charge is -2.25. The van der Waals surface area contributed by atoms with Crippen molar-refractivity contribution >= 4 is 23.0 Å². The average Bonchev–Trinajstić information content (AvgIpc) is 2.77. The second-order valence-electron chi connectivity index (χ2n) is 3.75. The SMILES string of the molecule is O=C(O)c1scc2c1NCC1(CC1)O2. The van der Waals surface area contributed by atoms with E-state index in [0.29, 0.717) is 16.3 Å². The maximum absolute atomic E-state index is 10.8. The van der Waals surface area contributed by atoms with E-state index in [-0.39, 0.29) is 5.60 Å². The van der Waals surface area contributed by atoms with Crippen molar-refractivity contribution in [3.8, 4) is 5.75 Å². The summed E-state index contributed by atoms with van der Waals surface area (Å²) in [5, 5.41) is 13.8. The topological polar surface area (TPSA) is 58.6 Å². The molecule has 1 fully saturated rings. The van der Waals surface area contributed by atoms with E-state index in [1.807, 2.05) is 0 Å². The molecule has 0 saturated heterocycles. The molecule has 2 heterocycles. The van der Waals surface area contributed by atoms with Gasteiger partial charge in [0, 0.05) is 5.38 Å². The van der Waals surface area contributed by atoms with Crippen LogP contribution < -0.4 is 10.1 Å². The van der Waals surface area contributed by atoms with Gasteiger partial charge in [-0.15, -0.1) is 11.3 Å². The molecule has 5 heteroatoms. The Morgan fingerprint density at radius 2 is 2.43 bits per heavy atom. The number of aromatic carboxylic acids is 1. The number of fused-ring (bicyclic) bond motifs is 1. The molecule has 0 atom stereocenters. The molecule has 0 aromatic carbocycles. The first-order valence-electron chi connectivity index (χ1n) is 4.48. The van der Waals surface area contributed by atoms with Gasteiger partial charge in [-0.25, -0.2) is 4.79 Å². The molecule has 3 rings (SSSR count). The van der Waals surface area contributed by atoms with Gasteiger partial charge in [-0.3, -0.25) is 0 Å². The molecule has 1 aromatic rings. The highest BCUT2D eigenvalue weighted by molar-refractivity contribution is 7.13. The monoisotopic (exact) mass is 211 g/mol. The van der Waals surface area contributed by atoms with Crippen molar-refractivity contribution < 1.29 is 14.6 Å². The highest BCUT2D eigenvalue weighted by atomic mass is 32.1. The maximum atomic E-state index is 10.8. The van der Waals surface area contributed by atoms with Gasteiger partial charge in [0.25, 0.3) is 0 Å². The molecule has 14 heavy (non-hydrogen) atoms. The van der Waals surface area contributed by atoms with Crippen LogP contribution in [0.15, 0.2) is 5.38 Å². The summed E-state index contributed by atoms with van der Waals surface area (Å²) >= 11 is 1.21. The second kappa shape index (κ2) is 2.42. The number of rotatable bonds is 1. The van der Waals surface area contributed by atoms with Crippen molar-refractivity contribution in [2.75, 3.05) is 11.9 Å². The number of carboxylic acids is 1. The number of hydrogen-bond acceptors (Lipinski definition) is 4. The Hall–Kier alpha value is -1.23. The Labute approximate surface area is 84.5 Å². The molecular weight excluding hydrogens is 202 g/mol. The predicted octanol–water partition coefficient (Wildman–Crippen LogP) is 1.78. The Morgan fingerprint density at radius 3 is 3.07 bits per heavy atom. The Kier molecular flexibility index (Phi) is 1.40. The fourth-order valence-electron chi connectivity index (χ4n) is 1.68. The maximum Gasteiger partial charge on any atom is 0.348 e. The smallest absolute Gasteiger partial charge is 0.348 e. The fourth-order valence-corrected chi connectivity index (χ4v) is 2.46. The lowest BCUT2D eigenvalue weighted by atomic mass is 10.2. The van der Waals surface area contributed by atoms with Gasteiger partial charge < -0.3 is 15.2 Å². The van der Waals surface area contributed by atoms with Crippen LogP contribution in [0.4, 0.5) is 5.69 Å². The molecule has 4 nitrogen and oxygen atoms in total. The van der Waals surface area contributed by atoms with E-state index in [1.54, 1.807) is 5.38 Å². The van der Waals surface area contributed by atoms with E-state index in [1.165, 1.54) is 11.3 Å². The highest BCUT2D eigenvalue weighted by Gasteiger charge is 2.48. The molecule has 2 aliphatic rings. The molecule has 1 spiro atoms. The van der Waals surface area contributed by atoms with E-state index in [0.717, 1.165) is 19.4 Å². The van der Waals surface area contributed by atoms with Crippen LogP contribution in [0, 0.1) is 0 Å². The van der Waals surface area contributed by atoms with Gasteiger partial charge in [0.15, 0.2) is 5.75 Å². The van der Waals surface area contributed by atoms with Gasteiger partial charge in [0.1, 0.15) is 16.2 Å². The van der Waals surface area contributed by atoms with Crippen LogP contribution in [-0.4, -0.2) is 23.2 Å². The highest BCUT2D eigenvalue weighted by Crippen LogP contribution is 2.48. The minimum absolute atomic E-state index is 0.0240.